The topological polar surface area (TPSA) is 24.4 Å². The summed E-state index contributed by atoms with van der Waals surface area (Å²) in [4.78, 5) is 3.73. The van der Waals surface area contributed by atoms with E-state index in [1.807, 2.05) is 6.92 Å². The molecule has 0 fully saturated rings. The van der Waals surface area contributed by atoms with Gasteiger partial charge in [-0.3, -0.25) is 0 Å². The minimum absolute atomic E-state index is 0.183. The molecule has 0 saturated heterocycles. The lowest BCUT2D eigenvalue weighted by molar-refractivity contribution is 0.796. The van der Waals surface area contributed by atoms with Crippen molar-refractivity contribution in [1.29, 1.82) is 0 Å². The molecule has 0 aromatic rings. The molecule has 0 spiro atoms. The lowest BCUT2D eigenvalue weighted by Gasteiger charge is -2.12. The van der Waals surface area contributed by atoms with Gasteiger partial charge in [-0.05, 0) is 24.6 Å². The van der Waals surface area contributed by atoms with Crippen molar-refractivity contribution in [3.05, 3.63) is 11.2 Å². The van der Waals surface area contributed by atoms with Crippen LogP contribution in [0.5, 0.6) is 0 Å². The minimum Gasteiger partial charge on any atom is -0.354 e. The summed E-state index contributed by atoms with van der Waals surface area (Å²) < 4.78 is 0. The van der Waals surface area contributed by atoms with Gasteiger partial charge >= 0.3 is 0 Å². The maximum atomic E-state index is 5.56. The smallest absolute Gasteiger partial charge is 0.197 e. The van der Waals surface area contributed by atoms with Gasteiger partial charge in [0.1, 0.15) is 5.16 Å². The summed E-state index contributed by atoms with van der Waals surface area (Å²) in [6.07, 6.45) is 1.79. The Bertz CT molecular complexity index is 174. The first kappa shape index (κ1) is 6.90. The lowest BCUT2D eigenvalue weighted by atomic mass is 10.3. The molecular formula is C5H6Cl2N2. The molecular weight excluding hydrogens is 159 g/mol. The van der Waals surface area contributed by atoms with Gasteiger partial charge in [0.2, 0.25) is 0 Å². The third-order valence-corrected chi connectivity index (χ3v) is 1.34. The molecule has 0 saturated carbocycles. The molecule has 9 heavy (non-hydrogen) atoms. The number of nitrogens with one attached hydrogen (secondary N) is 1. The monoisotopic (exact) mass is 164 g/mol. The predicted octanol–water partition coefficient (Wildman–Crippen LogP) is 1.65. The molecule has 1 rings (SSSR count). The number of hydrogen-bond donors (Lipinski definition) is 1. The van der Waals surface area contributed by atoms with Gasteiger partial charge in [0.05, 0.1) is 0 Å². The highest BCUT2D eigenvalue weighted by Crippen LogP contribution is 2.10. The number of rotatable bonds is 0. The molecule has 4 heteroatoms. The SMILES string of the molecule is CC1C=C(Cl)N=C(Cl)N1. The molecule has 1 heterocycles. The highest BCUT2D eigenvalue weighted by Gasteiger charge is 2.06. The van der Waals surface area contributed by atoms with Crippen molar-refractivity contribution in [2.75, 3.05) is 0 Å². The quantitative estimate of drug-likeness (QED) is 0.542. The fourth-order valence-corrected chi connectivity index (χ4v) is 1.18. The van der Waals surface area contributed by atoms with E-state index in [1.54, 1.807) is 6.08 Å². The van der Waals surface area contributed by atoms with E-state index < -0.39 is 0 Å². The van der Waals surface area contributed by atoms with Crippen LogP contribution in [0.15, 0.2) is 16.2 Å². The Labute approximate surface area is 63.6 Å². The van der Waals surface area contributed by atoms with Crippen molar-refractivity contribution in [1.82, 2.24) is 5.32 Å². The van der Waals surface area contributed by atoms with E-state index >= 15 is 0 Å². The maximum Gasteiger partial charge on any atom is 0.197 e. The van der Waals surface area contributed by atoms with Gasteiger partial charge in [-0.2, -0.15) is 0 Å². The van der Waals surface area contributed by atoms with E-state index in [0.29, 0.717) is 10.5 Å². The van der Waals surface area contributed by atoms with Gasteiger partial charge < -0.3 is 5.32 Å². The predicted molar refractivity (Wildman–Crippen MR) is 39.8 cm³/mol. The molecule has 1 N–H and O–H groups in total. The molecule has 0 aliphatic carbocycles. The van der Waals surface area contributed by atoms with E-state index in [-0.39, 0.29) is 6.04 Å². The second-order valence-corrected chi connectivity index (χ2v) is 2.57. The summed E-state index contributed by atoms with van der Waals surface area (Å²) in [5, 5.41) is 3.67. The second kappa shape index (κ2) is 2.58. The zero-order valence-electron chi connectivity index (χ0n) is 4.86. The van der Waals surface area contributed by atoms with Crippen LogP contribution in [0.25, 0.3) is 0 Å². The van der Waals surface area contributed by atoms with Crippen LogP contribution in [0.4, 0.5) is 0 Å². The van der Waals surface area contributed by atoms with Crippen molar-refractivity contribution in [3.63, 3.8) is 0 Å². The highest BCUT2D eigenvalue weighted by molar-refractivity contribution is 6.65. The molecule has 1 atom stereocenters. The minimum atomic E-state index is 0.183. The van der Waals surface area contributed by atoms with Crippen molar-refractivity contribution in [2.45, 2.75) is 13.0 Å². The Morgan fingerprint density at radius 3 is 2.78 bits per heavy atom. The van der Waals surface area contributed by atoms with Crippen LogP contribution in [0.3, 0.4) is 0 Å². The van der Waals surface area contributed by atoms with Crippen LogP contribution in [-0.4, -0.2) is 11.3 Å². The zero-order valence-corrected chi connectivity index (χ0v) is 6.37. The number of nitrogens with zero attached hydrogens (tertiary/aromatic N) is 1. The maximum absolute atomic E-state index is 5.56. The average molecular weight is 165 g/mol. The lowest BCUT2D eigenvalue weighted by Crippen LogP contribution is -2.30. The Kier molecular flexibility index (Phi) is 1.98. The average Bonchev–Trinajstić information content (AvgIpc) is 1.59. The third kappa shape index (κ3) is 1.88. The largest absolute Gasteiger partial charge is 0.354 e. The summed E-state index contributed by atoms with van der Waals surface area (Å²) in [6, 6.07) is 0.183. The second-order valence-electron chi connectivity index (χ2n) is 1.83. The van der Waals surface area contributed by atoms with E-state index in [1.165, 1.54) is 0 Å². The number of amidine groups is 1. The summed E-state index contributed by atoms with van der Waals surface area (Å²) in [6.45, 7) is 1.94. The molecule has 2 nitrogen and oxygen atoms in total. The first-order chi connectivity index (χ1) is 4.18. The van der Waals surface area contributed by atoms with Gasteiger partial charge in [0, 0.05) is 6.04 Å². The molecule has 0 bridgehead atoms. The first-order valence-electron chi connectivity index (χ1n) is 2.56. The van der Waals surface area contributed by atoms with Crippen molar-refractivity contribution < 1.29 is 0 Å². The van der Waals surface area contributed by atoms with E-state index in [2.05, 4.69) is 10.3 Å². The summed E-state index contributed by atoms with van der Waals surface area (Å²) in [5.41, 5.74) is 0. The van der Waals surface area contributed by atoms with Gasteiger partial charge in [-0.1, -0.05) is 11.6 Å². The molecule has 0 aromatic heterocycles. The fourth-order valence-electron chi connectivity index (χ4n) is 0.599. The number of halogens is 2. The summed E-state index contributed by atoms with van der Waals surface area (Å²) in [7, 11) is 0. The number of hydrogen-bond acceptors (Lipinski definition) is 2. The molecule has 50 valence electrons. The Morgan fingerprint density at radius 1 is 1.67 bits per heavy atom. The summed E-state index contributed by atoms with van der Waals surface area (Å²) in [5.74, 6) is 0. The van der Waals surface area contributed by atoms with Crippen LogP contribution in [0.2, 0.25) is 0 Å². The van der Waals surface area contributed by atoms with Crippen LogP contribution < -0.4 is 5.32 Å². The highest BCUT2D eigenvalue weighted by atomic mass is 35.5. The zero-order chi connectivity index (χ0) is 6.85. The van der Waals surface area contributed by atoms with E-state index in [9.17, 15) is 0 Å². The van der Waals surface area contributed by atoms with Gasteiger partial charge in [-0.15, -0.1) is 0 Å². The van der Waals surface area contributed by atoms with Crippen LogP contribution >= 0.6 is 23.2 Å². The van der Waals surface area contributed by atoms with Crippen LogP contribution in [0, 0.1) is 0 Å². The summed E-state index contributed by atoms with van der Waals surface area (Å²) >= 11 is 11.1. The van der Waals surface area contributed by atoms with Crippen molar-refractivity contribution in [2.24, 2.45) is 4.99 Å². The van der Waals surface area contributed by atoms with Gasteiger partial charge in [0.25, 0.3) is 0 Å². The first-order valence-corrected chi connectivity index (χ1v) is 3.32. The van der Waals surface area contributed by atoms with Gasteiger partial charge in [0.15, 0.2) is 5.29 Å². The number of aliphatic imine (C=N–C) groups is 1. The van der Waals surface area contributed by atoms with Crippen LogP contribution in [-0.2, 0) is 0 Å². The molecule has 0 amide bonds. The molecule has 1 aliphatic heterocycles. The van der Waals surface area contributed by atoms with Crippen molar-refractivity contribution >= 4 is 28.5 Å². The van der Waals surface area contributed by atoms with Gasteiger partial charge in [-0.25, -0.2) is 4.99 Å². The Morgan fingerprint density at radius 2 is 2.33 bits per heavy atom. The third-order valence-electron chi connectivity index (χ3n) is 0.939. The van der Waals surface area contributed by atoms with E-state index in [0.717, 1.165) is 0 Å². The Balaban J connectivity index is 2.74. The molecule has 0 radical (unpaired) electrons. The van der Waals surface area contributed by atoms with Crippen LogP contribution in [0.1, 0.15) is 6.92 Å². The molecule has 0 aromatic carbocycles. The fraction of sp³-hybridized carbons (Fsp3) is 0.400. The van der Waals surface area contributed by atoms with Crippen molar-refractivity contribution in [3.8, 4) is 0 Å². The normalized spacial score (nSPS) is 26.3. The molecule has 1 unspecified atom stereocenters. The standard InChI is InChI=1S/C5H6Cl2N2/c1-3-2-4(6)9-5(7)8-3/h2-3H,1H3,(H,8,9). The molecule has 1 aliphatic rings. The van der Waals surface area contributed by atoms with E-state index in [4.69, 9.17) is 23.2 Å². The Hall–Kier alpha value is -0.210.